The number of nitrogen functional groups attached to an aromatic ring is 1. The first-order valence-electron chi connectivity index (χ1n) is 6.70. The molecule has 0 amide bonds. The summed E-state index contributed by atoms with van der Waals surface area (Å²) in [4.78, 5) is 0. The van der Waals surface area contributed by atoms with Crippen LogP contribution < -0.4 is 11.1 Å². The highest BCUT2D eigenvalue weighted by Crippen LogP contribution is 2.28. The minimum atomic E-state index is -0.281. The Morgan fingerprint density at radius 3 is 2.20 bits per heavy atom. The SMILES string of the molecule is Cc1cc(Nc2ccc(C(C)(C)C)cc2)c(N)cc1F. The maximum absolute atomic E-state index is 13.4. The molecule has 2 aromatic carbocycles. The average Bonchev–Trinajstić information content (AvgIpc) is 2.35. The Kier molecular flexibility index (Phi) is 3.71. The van der Waals surface area contributed by atoms with Gasteiger partial charge in [0.25, 0.3) is 0 Å². The third-order valence-electron chi connectivity index (χ3n) is 3.36. The van der Waals surface area contributed by atoms with Crippen molar-refractivity contribution in [1.82, 2.24) is 0 Å². The van der Waals surface area contributed by atoms with Gasteiger partial charge in [0.2, 0.25) is 0 Å². The fourth-order valence-electron chi connectivity index (χ4n) is 2.01. The van der Waals surface area contributed by atoms with Crippen molar-refractivity contribution in [1.29, 1.82) is 0 Å². The second kappa shape index (κ2) is 5.16. The van der Waals surface area contributed by atoms with Crippen LogP contribution in [-0.2, 0) is 5.41 Å². The summed E-state index contributed by atoms with van der Waals surface area (Å²) in [6, 6.07) is 11.3. The van der Waals surface area contributed by atoms with Gasteiger partial charge in [-0.25, -0.2) is 4.39 Å². The number of rotatable bonds is 2. The zero-order valence-corrected chi connectivity index (χ0v) is 12.4. The highest BCUT2D eigenvalue weighted by atomic mass is 19.1. The van der Waals surface area contributed by atoms with Crippen LogP contribution in [0.5, 0.6) is 0 Å². The first-order valence-corrected chi connectivity index (χ1v) is 6.70. The number of aryl methyl sites for hydroxylation is 1. The maximum Gasteiger partial charge on any atom is 0.128 e. The third kappa shape index (κ3) is 3.10. The number of halogens is 1. The molecule has 0 saturated carbocycles. The summed E-state index contributed by atoms with van der Waals surface area (Å²) >= 11 is 0. The zero-order chi connectivity index (χ0) is 14.9. The summed E-state index contributed by atoms with van der Waals surface area (Å²) in [6.07, 6.45) is 0. The fourth-order valence-corrected chi connectivity index (χ4v) is 2.01. The van der Waals surface area contributed by atoms with Crippen LogP contribution >= 0.6 is 0 Å². The molecule has 0 heterocycles. The largest absolute Gasteiger partial charge is 0.397 e. The van der Waals surface area contributed by atoms with Gasteiger partial charge in [-0.05, 0) is 47.7 Å². The van der Waals surface area contributed by atoms with Crippen LogP contribution in [-0.4, -0.2) is 0 Å². The Balaban J connectivity index is 2.25. The van der Waals surface area contributed by atoms with Crippen LogP contribution in [0.15, 0.2) is 36.4 Å². The van der Waals surface area contributed by atoms with E-state index in [1.54, 1.807) is 13.0 Å². The van der Waals surface area contributed by atoms with E-state index < -0.39 is 0 Å². The molecule has 0 saturated heterocycles. The van der Waals surface area contributed by atoms with Crippen LogP contribution in [0, 0.1) is 12.7 Å². The monoisotopic (exact) mass is 272 g/mol. The van der Waals surface area contributed by atoms with Crippen molar-refractivity contribution in [3.05, 3.63) is 53.3 Å². The van der Waals surface area contributed by atoms with E-state index >= 15 is 0 Å². The molecule has 106 valence electrons. The van der Waals surface area contributed by atoms with Crippen molar-refractivity contribution in [3.63, 3.8) is 0 Å². The molecule has 0 aliphatic heterocycles. The van der Waals surface area contributed by atoms with E-state index in [-0.39, 0.29) is 11.2 Å². The average molecular weight is 272 g/mol. The molecule has 2 aromatic rings. The molecule has 0 atom stereocenters. The second-order valence-corrected chi connectivity index (χ2v) is 6.14. The lowest BCUT2D eigenvalue weighted by molar-refractivity contribution is 0.590. The first-order chi connectivity index (χ1) is 9.27. The molecule has 0 bridgehead atoms. The van der Waals surface area contributed by atoms with Crippen LogP contribution in [0.3, 0.4) is 0 Å². The molecule has 0 unspecified atom stereocenters. The van der Waals surface area contributed by atoms with Crippen LogP contribution in [0.2, 0.25) is 0 Å². The summed E-state index contributed by atoms with van der Waals surface area (Å²) in [5.74, 6) is -0.281. The molecule has 0 aromatic heterocycles. The van der Waals surface area contributed by atoms with E-state index in [9.17, 15) is 4.39 Å². The van der Waals surface area contributed by atoms with Gasteiger partial charge in [-0.1, -0.05) is 32.9 Å². The standard InChI is InChI=1S/C17H21FN2/c1-11-9-16(15(19)10-14(11)18)20-13-7-5-12(6-8-13)17(2,3)4/h5-10,20H,19H2,1-4H3. The van der Waals surface area contributed by atoms with E-state index in [1.165, 1.54) is 11.6 Å². The molecule has 3 N–H and O–H groups in total. The molecule has 2 rings (SSSR count). The zero-order valence-electron chi connectivity index (χ0n) is 12.4. The molecule has 0 fully saturated rings. The Morgan fingerprint density at radius 2 is 1.65 bits per heavy atom. The number of hydrogen-bond donors (Lipinski definition) is 2. The lowest BCUT2D eigenvalue weighted by atomic mass is 9.87. The molecule has 0 spiro atoms. The van der Waals surface area contributed by atoms with E-state index in [0.29, 0.717) is 11.3 Å². The van der Waals surface area contributed by atoms with Gasteiger partial charge in [-0.2, -0.15) is 0 Å². The molecule has 0 aliphatic rings. The lowest BCUT2D eigenvalue weighted by Gasteiger charge is -2.19. The predicted molar refractivity (Wildman–Crippen MR) is 84.0 cm³/mol. The highest BCUT2D eigenvalue weighted by molar-refractivity contribution is 5.73. The van der Waals surface area contributed by atoms with Crippen molar-refractivity contribution < 1.29 is 4.39 Å². The third-order valence-corrected chi connectivity index (χ3v) is 3.36. The van der Waals surface area contributed by atoms with Crippen LogP contribution in [0.1, 0.15) is 31.9 Å². The minimum absolute atomic E-state index is 0.129. The van der Waals surface area contributed by atoms with Crippen molar-refractivity contribution in [2.75, 3.05) is 11.1 Å². The summed E-state index contributed by atoms with van der Waals surface area (Å²) in [5, 5.41) is 3.23. The molecule has 2 nitrogen and oxygen atoms in total. The lowest BCUT2D eigenvalue weighted by Crippen LogP contribution is -2.10. The van der Waals surface area contributed by atoms with Crippen molar-refractivity contribution >= 4 is 17.1 Å². The van der Waals surface area contributed by atoms with Crippen molar-refractivity contribution in [2.45, 2.75) is 33.1 Å². The van der Waals surface area contributed by atoms with Gasteiger partial charge < -0.3 is 11.1 Å². The van der Waals surface area contributed by atoms with Gasteiger partial charge in [0.1, 0.15) is 5.82 Å². The van der Waals surface area contributed by atoms with Gasteiger partial charge in [-0.3, -0.25) is 0 Å². The van der Waals surface area contributed by atoms with Crippen LogP contribution in [0.4, 0.5) is 21.5 Å². The van der Waals surface area contributed by atoms with E-state index in [0.717, 1.165) is 11.4 Å². The van der Waals surface area contributed by atoms with Crippen molar-refractivity contribution in [2.24, 2.45) is 0 Å². The van der Waals surface area contributed by atoms with E-state index in [2.05, 4.69) is 38.2 Å². The summed E-state index contributed by atoms with van der Waals surface area (Å²) < 4.78 is 13.4. The quantitative estimate of drug-likeness (QED) is 0.774. The van der Waals surface area contributed by atoms with Gasteiger partial charge in [0.05, 0.1) is 11.4 Å². The summed E-state index contributed by atoms with van der Waals surface area (Å²) in [6.45, 7) is 8.26. The Morgan fingerprint density at radius 1 is 1.05 bits per heavy atom. The Bertz CT molecular complexity index is 610. The number of anilines is 3. The van der Waals surface area contributed by atoms with Crippen molar-refractivity contribution in [3.8, 4) is 0 Å². The molecule has 0 radical (unpaired) electrons. The fraction of sp³-hybridized carbons (Fsp3) is 0.294. The Hall–Kier alpha value is -2.03. The Labute approximate surface area is 119 Å². The number of nitrogens with two attached hydrogens (primary N) is 1. The maximum atomic E-state index is 13.4. The molecular formula is C17H21FN2. The topological polar surface area (TPSA) is 38.0 Å². The van der Waals surface area contributed by atoms with E-state index in [4.69, 9.17) is 5.73 Å². The molecular weight excluding hydrogens is 251 g/mol. The highest BCUT2D eigenvalue weighted by Gasteiger charge is 2.13. The number of hydrogen-bond acceptors (Lipinski definition) is 2. The normalized spacial score (nSPS) is 11.4. The summed E-state index contributed by atoms with van der Waals surface area (Å²) in [5.41, 5.74) is 9.89. The number of benzene rings is 2. The first kappa shape index (κ1) is 14.4. The molecule has 3 heteroatoms. The predicted octanol–water partition coefficient (Wildman–Crippen LogP) is 4.76. The number of nitrogens with one attached hydrogen (secondary N) is 1. The second-order valence-electron chi connectivity index (χ2n) is 6.14. The van der Waals surface area contributed by atoms with Gasteiger partial charge in [0.15, 0.2) is 0 Å². The van der Waals surface area contributed by atoms with Gasteiger partial charge in [-0.15, -0.1) is 0 Å². The molecule has 0 aliphatic carbocycles. The van der Waals surface area contributed by atoms with Crippen LogP contribution in [0.25, 0.3) is 0 Å². The summed E-state index contributed by atoms with van der Waals surface area (Å²) in [7, 11) is 0. The van der Waals surface area contributed by atoms with Gasteiger partial charge in [0, 0.05) is 5.69 Å². The smallest absolute Gasteiger partial charge is 0.128 e. The molecule has 20 heavy (non-hydrogen) atoms. The van der Waals surface area contributed by atoms with E-state index in [1.807, 2.05) is 12.1 Å². The van der Waals surface area contributed by atoms with Gasteiger partial charge >= 0.3 is 0 Å². The minimum Gasteiger partial charge on any atom is -0.397 e.